The summed E-state index contributed by atoms with van der Waals surface area (Å²) in [6.07, 6.45) is 1.40. The van der Waals surface area contributed by atoms with Gasteiger partial charge in [0.05, 0.1) is 0 Å². The number of nitrogens with one attached hydrogen (secondary N) is 1. The van der Waals surface area contributed by atoms with Crippen LogP contribution in [-0.4, -0.2) is 5.91 Å². The van der Waals surface area contributed by atoms with E-state index in [4.69, 9.17) is 21.3 Å². The Balaban J connectivity index is 2.24. The van der Waals surface area contributed by atoms with Gasteiger partial charge in [0.1, 0.15) is 17.4 Å². The van der Waals surface area contributed by atoms with Crippen molar-refractivity contribution in [3.63, 3.8) is 0 Å². The second-order valence-electron chi connectivity index (χ2n) is 4.18. The van der Waals surface area contributed by atoms with Gasteiger partial charge in [-0.2, -0.15) is 5.26 Å². The van der Waals surface area contributed by atoms with E-state index in [1.54, 1.807) is 37.3 Å². The Labute approximate surface area is 140 Å². The number of halogens is 2. The SMILES string of the molecule is Cc1c(Cl)cccc1NC(=O)C(C#N)=Cc1ccc(I)o1. The lowest BCUT2D eigenvalue weighted by Gasteiger charge is -2.08. The largest absolute Gasteiger partial charge is 0.451 e. The molecule has 0 aliphatic heterocycles. The number of furan rings is 1. The monoisotopic (exact) mass is 412 g/mol. The molecule has 21 heavy (non-hydrogen) atoms. The summed E-state index contributed by atoms with van der Waals surface area (Å²) < 4.78 is 6.00. The average Bonchev–Trinajstić information content (AvgIpc) is 2.86. The van der Waals surface area contributed by atoms with Gasteiger partial charge >= 0.3 is 0 Å². The number of carbonyl (C=O) groups is 1. The topological polar surface area (TPSA) is 66.0 Å². The molecule has 0 spiro atoms. The number of rotatable bonds is 3. The zero-order chi connectivity index (χ0) is 15.4. The molecule has 2 aromatic rings. The first kappa shape index (κ1) is 15.6. The van der Waals surface area contributed by atoms with Crippen LogP contribution in [0.4, 0.5) is 5.69 Å². The third-order valence-corrected chi connectivity index (χ3v) is 3.75. The molecule has 0 fully saturated rings. The van der Waals surface area contributed by atoms with Crippen LogP contribution in [0.1, 0.15) is 11.3 Å². The lowest BCUT2D eigenvalue weighted by atomic mass is 10.1. The van der Waals surface area contributed by atoms with Crippen molar-refractivity contribution in [3.05, 3.63) is 56.0 Å². The Kier molecular flexibility index (Phi) is 5.04. The zero-order valence-corrected chi connectivity index (χ0v) is 13.9. The predicted molar refractivity (Wildman–Crippen MR) is 89.8 cm³/mol. The van der Waals surface area contributed by atoms with Crippen LogP contribution < -0.4 is 5.32 Å². The van der Waals surface area contributed by atoms with E-state index in [0.717, 1.165) is 5.56 Å². The summed E-state index contributed by atoms with van der Waals surface area (Å²) in [6.45, 7) is 1.79. The molecule has 0 saturated heterocycles. The molecule has 0 aliphatic rings. The first-order valence-corrected chi connectivity index (χ1v) is 7.40. The van der Waals surface area contributed by atoms with E-state index in [-0.39, 0.29) is 5.57 Å². The van der Waals surface area contributed by atoms with Gasteiger partial charge in [-0.15, -0.1) is 0 Å². The van der Waals surface area contributed by atoms with E-state index in [0.29, 0.717) is 20.2 Å². The molecule has 106 valence electrons. The molecule has 0 radical (unpaired) electrons. The van der Waals surface area contributed by atoms with Crippen molar-refractivity contribution >= 4 is 51.9 Å². The number of anilines is 1. The highest BCUT2D eigenvalue weighted by molar-refractivity contribution is 14.1. The molecule has 1 heterocycles. The molecule has 1 amide bonds. The summed E-state index contributed by atoms with van der Waals surface area (Å²) in [5.41, 5.74) is 1.28. The molecule has 0 unspecified atom stereocenters. The molecule has 0 bridgehead atoms. The van der Waals surface area contributed by atoms with E-state index in [1.165, 1.54) is 6.08 Å². The molecular weight excluding hydrogens is 403 g/mol. The Morgan fingerprint density at radius 2 is 2.19 bits per heavy atom. The number of hydrogen-bond donors (Lipinski definition) is 1. The van der Waals surface area contributed by atoms with Crippen molar-refractivity contribution in [1.82, 2.24) is 0 Å². The Morgan fingerprint density at radius 3 is 2.81 bits per heavy atom. The second-order valence-corrected chi connectivity index (χ2v) is 5.65. The highest BCUT2D eigenvalue weighted by Gasteiger charge is 2.12. The van der Waals surface area contributed by atoms with Gasteiger partial charge in [-0.3, -0.25) is 4.79 Å². The number of benzene rings is 1. The fraction of sp³-hybridized carbons (Fsp3) is 0.0667. The molecule has 0 atom stereocenters. The van der Waals surface area contributed by atoms with Crippen molar-refractivity contribution in [1.29, 1.82) is 5.26 Å². The molecular formula is C15H10ClIN2O2. The van der Waals surface area contributed by atoms with Crippen molar-refractivity contribution in [3.8, 4) is 6.07 Å². The van der Waals surface area contributed by atoms with Gasteiger partial charge in [0, 0.05) is 16.8 Å². The predicted octanol–water partition coefficient (Wildman–Crippen LogP) is 4.39. The highest BCUT2D eigenvalue weighted by Crippen LogP contribution is 2.23. The summed E-state index contributed by atoms with van der Waals surface area (Å²) in [5.74, 6) is -0.0526. The molecule has 0 aliphatic carbocycles. The van der Waals surface area contributed by atoms with Crippen LogP contribution >= 0.6 is 34.2 Å². The normalized spacial score (nSPS) is 11.0. The van der Waals surface area contributed by atoms with E-state index in [1.807, 2.05) is 28.7 Å². The maximum Gasteiger partial charge on any atom is 0.266 e. The molecule has 1 N–H and O–H groups in total. The van der Waals surface area contributed by atoms with Crippen LogP contribution in [0.2, 0.25) is 5.02 Å². The second kappa shape index (κ2) is 6.78. The summed E-state index contributed by atoms with van der Waals surface area (Å²) >= 11 is 8.01. The van der Waals surface area contributed by atoms with Crippen LogP contribution in [-0.2, 0) is 4.79 Å². The van der Waals surface area contributed by atoms with Gasteiger partial charge in [0.25, 0.3) is 5.91 Å². The molecule has 0 saturated carbocycles. The van der Waals surface area contributed by atoms with Gasteiger partial charge < -0.3 is 9.73 Å². The number of hydrogen-bond acceptors (Lipinski definition) is 3. The standard InChI is InChI=1S/C15H10ClIN2O2/c1-9-12(16)3-2-4-13(9)19-15(20)10(8-18)7-11-5-6-14(17)21-11/h2-7H,1H3,(H,19,20). The third kappa shape index (κ3) is 3.86. The van der Waals surface area contributed by atoms with Gasteiger partial charge in [-0.1, -0.05) is 17.7 Å². The number of nitriles is 1. The van der Waals surface area contributed by atoms with Crippen molar-refractivity contribution < 1.29 is 9.21 Å². The molecule has 6 heteroatoms. The lowest BCUT2D eigenvalue weighted by molar-refractivity contribution is -0.112. The minimum atomic E-state index is -0.505. The molecule has 1 aromatic carbocycles. The van der Waals surface area contributed by atoms with Gasteiger partial charge in [0.2, 0.25) is 0 Å². The molecule has 2 rings (SSSR count). The number of carbonyl (C=O) groups excluding carboxylic acids is 1. The summed E-state index contributed by atoms with van der Waals surface area (Å²) in [7, 11) is 0. The Morgan fingerprint density at radius 1 is 1.43 bits per heavy atom. The van der Waals surface area contributed by atoms with Gasteiger partial charge in [0.15, 0.2) is 3.77 Å². The van der Waals surface area contributed by atoms with Crippen molar-refractivity contribution in [2.45, 2.75) is 6.92 Å². The quantitative estimate of drug-likeness (QED) is 0.462. The molecule has 4 nitrogen and oxygen atoms in total. The smallest absolute Gasteiger partial charge is 0.266 e. The lowest BCUT2D eigenvalue weighted by Crippen LogP contribution is -2.14. The van der Waals surface area contributed by atoms with Gasteiger partial charge in [-0.25, -0.2) is 0 Å². The zero-order valence-electron chi connectivity index (χ0n) is 11.0. The fourth-order valence-corrected chi connectivity index (χ4v) is 2.24. The highest BCUT2D eigenvalue weighted by atomic mass is 127. The number of nitrogens with zero attached hydrogens (tertiary/aromatic N) is 1. The first-order chi connectivity index (χ1) is 10.0. The van der Waals surface area contributed by atoms with Crippen LogP contribution in [0.5, 0.6) is 0 Å². The maximum atomic E-state index is 12.1. The van der Waals surface area contributed by atoms with Crippen molar-refractivity contribution in [2.24, 2.45) is 0 Å². The van der Waals surface area contributed by atoms with E-state index in [9.17, 15) is 4.79 Å². The number of amides is 1. The first-order valence-electron chi connectivity index (χ1n) is 5.95. The van der Waals surface area contributed by atoms with E-state index >= 15 is 0 Å². The maximum absolute atomic E-state index is 12.1. The minimum absolute atomic E-state index is 0.0416. The summed E-state index contributed by atoms with van der Waals surface area (Å²) in [6, 6.07) is 10.5. The minimum Gasteiger partial charge on any atom is -0.451 e. The van der Waals surface area contributed by atoms with Crippen molar-refractivity contribution in [2.75, 3.05) is 5.32 Å². The average molecular weight is 413 g/mol. The van der Waals surface area contributed by atoms with Crippen LogP contribution in [0.25, 0.3) is 6.08 Å². The Bertz CT molecular complexity index is 759. The van der Waals surface area contributed by atoms with E-state index < -0.39 is 5.91 Å². The third-order valence-electron chi connectivity index (χ3n) is 2.76. The molecule has 1 aromatic heterocycles. The van der Waals surface area contributed by atoms with Gasteiger partial charge in [-0.05, 0) is 59.3 Å². The van der Waals surface area contributed by atoms with E-state index in [2.05, 4.69) is 5.32 Å². The summed E-state index contributed by atoms with van der Waals surface area (Å²) in [4.78, 5) is 12.1. The van der Waals surface area contributed by atoms with Crippen LogP contribution in [0.3, 0.4) is 0 Å². The summed E-state index contributed by atoms with van der Waals surface area (Å²) in [5, 5.41) is 12.3. The Hall–Kier alpha value is -1.78. The van der Waals surface area contributed by atoms with Crippen LogP contribution in [0.15, 0.2) is 40.3 Å². The fourth-order valence-electron chi connectivity index (χ4n) is 1.63. The van der Waals surface area contributed by atoms with Crippen LogP contribution in [0, 0.1) is 22.0 Å².